The van der Waals surface area contributed by atoms with E-state index in [4.69, 9.17) is 9.84 Å². The molecule has 1 atom stereocenters. The fourth-order valence-electron chi connectivity index (χ4n) is 2.41. The lowest BCUT2D eigenvalue weighted by molar-refractivity contribution is -0.137. The fourth-order valence-corrected chi connectivity index (χ4v) is 2.41. The minimum Gasteiger partial charge on any atom is -0.481 e. The minimum absolute atomic E-state index is 0.0770. The largest absolute Gasteiger partial charge is 0.481 e. The van der Waals surface area contributed by atoms with Gasteiger partial charge in [-0.1, -0.05) is 17.7 Å². The van der Waals surface area contributed by atoms with Crippen molar-refractivity contribution in [1.82, 2.24) is 0 Å². The van der Waals surface area contributed by atoms with Gasteiger partial charge in [-0.15, -0.1) is 0 Å². The predicted octanol–water partition coefficient (Wildman–Crippen LogP) is 2.37. The SMILES string of the molecule is Cc1ccc(N(CCC(=O)O)C(=O)C2CCCCO2)cc1. The van der Waals surface area contributed by atoms with Crippen molar-refractivity contribution in [3.05, 3.63) is 29.8 Å². The number of hydrogen-bond donors (Lipinski definition) is 1. The van der Waals surface area contributed by atoms with Crippen molar-refractivity contribution in [1.29, 1.82) is 0 Å². The number of benzene rings is 1. The van der Waals surface area contributed by atoms with Crippen LogP contribution in [0, 0.1) is 6.92 Å². The van der Waals surface area contributed by atoms with E-state index in [0.717, 1.165) is 24.1 Å². The fraction of sp³-hybridized carbons (Fsp3) is 0.500. The average molecular weight is 291 g/mol. The number of amides is 1. The topological polar surface area (TPSA) is 66.8 Å². The number of aryl methyl sites for hydroxylation is 1. The number of aliphatic carboxylic acids is 1. The second kappa shape index (κ2) is 7.22. The van der Waals surface area contributed by atoms with E-state index in [9.17, 15) is 9.59 Å². The van der Waals surface area contributed by atoms with Gasteiger partial charge >= 0.3 is 5.97 Å². The van der Waals surface area contributed by atoms with Gasteiger partial charge in [0.1, 0.15) is 6.10 Å². The maximum absolute atomic E-state index is 12.6. The van der Waals surface area contributed by atoms with E-state index in [0.29, 0.717) is 13.0 Å². The molecule has 1 aromatic rings. The number of rotatable bonds is 5. The highest BCUT2D eigenvalue weighted by molar-refractivity contribution is 5.97. The maximum Gasteiger partial charge on any atom is 0.305 e. The molecule has 1 fully saturated rings. The van der Waals surface area contributed by atoms with Gasteiger partial charge in [-0.2, -0.15) is 0 Å². The van der Waals surface area contributed by atoms with Crippen LogP contribution in [0.2, 0.25) is 0 Å². The molecule has 0 aliphatic carbocycles. The quantitative estimate of drug-likeness (QED) is 0.904. The number of carbonyl (C=O) groups excluding carboxylic acids is 1. The molecule has 0 radical (unpaired) electrons. The van der Waals surface area contributed by atoms with E-state index in [1.54, 1.807) is 0 Å². The lowest BCUT2D eigenvalue weighted by Crippen LogP contribution is -2.43. The molecule has 0 spiro atoms. The van der Waals surface area contributed by atoms with Crippen molar-refractivity contribution in [3.8, 4) is 0 Å². The highest BCUT2D eigenvalue weighted by Crippen LogP contribution is 2.21. The maximum atomic E-state index is 12.6. The first-order valence-corrected chi connectivity index (χ1v) is 7.29. The third-order valence-electron chi connectivity index (χ3n) is 3.62. The van der Waals surface area contributed by atoms with E-state index in [-0.39, 0.29) is 18.9 Å². The first-order valence-electron chi connectivity index (χ1n) is 7.29. The van der Waals surface area contributed by atoms with Gasteiger partial charge in [-0.25, -0.2) is 0 Å². The van der Waals surface area contributed by atoms with Crippen LogP contribution in [0.15, 0.2) is 24.3 Å². The van der Waals surface area contributed by atoms with Crippen LogP contribution in [-0.4, -0.2) is 36.2 Å². The van der Waals surface area contributed by atoms with Gasteiger partial charge in [-0.3, -0.25) is 9.59 Å². The summed E-state index contributed by atoms with van der Waals surface area (Å²) in [5.41, 5.74) is 1.82. The molecular formula is C16H21NO4. The van der Waals surface area contributed by atoms with Crippen LogP contribution in [0.25, 0.3) is 0 Å². The predicted molar refractivity (Wildman–Crippen MR) is 79.4 cm³/mol. The van der Waals surface area contributed by atoms with Crippen LogP contribution < -0.4 is 4.90 Å². The van der Waals surface area contributed by atoms with Crippen molar-refractivity contribution in [2.24, 2.45) is 0 Å². The summed E-state index contributed by atoms with van der Waals surface area (Å²) in [5.74, 6) is -1.05. The second-order valence-electron chi connectivity index (χ2n) is 5.32. The molecule has 0 saturated carbocycles. The van der Waals surface area contributed by atoms with Crippen molar-refractivity contribution in [2.45, 2.75) is 38.7 Å². The number of carboxylic acid groups (broad SMARTS) is 1. The third-order valence-corrected chi connectivity index (χ3v) is 3.62. The van der Waals surface area contributed by atoms with Gasteiger partial charge in [0.15, 0.2) is 0 Å². The third kappa shape index (κ3) is 4.29. The van der Waals surface area contributed by atoms with Gasteiger partial charge in [0.05, 0.1) is 6.42 Å². The van der Waals surface area contributed by atoms with Crippen LogP contribution in [0.3, 0.4) is 0 Å². The Morgan fingerprint density at radius 2 is 2.00 bits per heavy atom. The van der Waals surface area contributed by atoms with Crippen LogP contribution in [0.5, 0.6) is 0 Å². The smallest absolute Gasteiger partial charge is 0.305 e. The van der Waals surface area contributed by atoms with E-state index in [1.165, 1.54) is 4.90 Å². The zero-order valence-corrected chi connectivity index (χ0v) is 12.2. The van der Waals surface area contributed by atoms with E-state index in [1.807, 2.05) is 31.2 Å². The summed E-state index contributed by atoms with van der Waals surface area (Å²) in [7, 11) is 0. The molecule has 1 heterocycles. The van der Waals surface area contributed by atoms with Crippen molar-refractivity contribution >= 4 is 17.6 Å². The summed E-state index contributed by atoms with van der Waals surface area (Å²) in [5, 5.41) is 8.88. The molecule has 0 aromatic heterocycles. The van der Waals surface area contributed by atoms with E-state index in [2.05, 4.69) is 0 Å². The molecule has 1 N–H and O–H groups in total. The van der Waals surface area contributed by atoms with E-state index >= 15 is 0 Å². The number of hydrogen-bond acceptors (Lipinski definition) is 3. The molecule has 1 aromatic carbocycles. The van der Waals surface area contributed by atoms with Gasteiger partial charge in [-0.05, 0) is 38.3 Å². The Morgan fingerprint density at radius 3 is 2.57 bits per heavy atom. The lowest BCUT2D eigenvalue weighted by atomic mass is 10.1. The van der Waals surface area contributed by atoms with Gasteiger partial charge in [0, 0.05) is 18.8 Å². The second-order valence-corrected chi connectivity index (χ2v) is 5.32. The van der Waals surface area contributed by atoms with E-state index < -0.39 is 12.1 Å². The summed E-state index contributed by atoms with van der Waals surface area (Å²) >= 11 is 0. The first kappa shape index (κ1) is 15.5. The summed E-state index contributed by atoms with van der Waals surface area (Å²) in [6, 6.07) is 7.52. The lowest BCUT2D eigenvalue weighted by Gasteiger charge is -2.29. The summed E-state index contributed by atoms with van der Waals surface area (Å²) in [4.78, 5) is 25.0. The Hall–Kier alpha value is -1.88. The molecule has 1 aliphatic rings. The summed E-state index contributed by atoms with van der Waals surface area (Å²) in [6.45, 7) is 2.73. The Morgan fingerprint density at radius 1 is 1.29 bits per heavy atom. The summed E-state index contributed by atoms with van der Waals surface area (Å²) < 4.78 is 5.53. The number of carboxylic acids is 1. The number of carbonyl (C=O) groups is 2. The Kier molecular flexibility index (Phi) is 5.33. The molecule has 21 heavy (non-hydrogen) atoms. The van der Waals surface area contributed by atoms with Crippen LogP contribution in [-0.2, 0) is 14.3 Å². The molecule has 1 aliphatic heterocycles. The number of ether oxygens (including phenoxy) is 1. The van der Waals surface area contributed by atoms with Crippen molar-refractivity contribution in [3.63, 3.8) is 0 Å². The van der Waals surface area contributed by atoms with Crippen molar-refractivity contribution in [2.75, 3.05) is 18.1 Å². The normalized spacial score (nSPS) is 18.2. The summed E-state index contributed by atoms with van der Waals surface area (Å²) in [6.07, 6.45) is 2.12. The molecule has 5 nitrogen and oxygen atoms in total. The molecule has 5 heteroatoms. The molecule has 114 valence electrons. The standard InChI is InChI=1S/C16H21NO4/c1-12-5-7-13(8-6-12)17(10-9-15(18)19)16(20)14-4-2-3-11-21-14/h5-8,14H,2-4,9-11H2,1H3,(H,18,19). The molecule has 1 amide bonds. The zero-order chi connectivity index (χ0) is 15.2. The molecule has 2 rings (SSSR count). The first-order chi connectivity index (χ1) is 10.1. The minimum atomic E-state index is -0.913. The number of nitrogens with zero attached hydrogens (tertiary/aromatic N) is 1. The van der Waals surface area contributed by atoms with Crippen LogP contribution in [0.1, 0.15) is 31.2 Å². The molecule has 0 bridgehead atoms. The molecular weight excluding hydrogens is 270 g/mol. The number of anilines is 1. The average Bonchev–Trinajstić information content (AvgIpc) is 2.49. The monoisotopic (exact) mass is 291 g/mol. The van der Waals surface area contributed by atoms with Gasteiger partial charge in [0.2, 0.25) is 0 Å². The Bertz CT molecular complexity index is 492. The van der Waals surface area contributed by atoms with Gasteiger partial charge in [0.25, 0.3) is 5.91 Å². The zero-order valence-electron chi connectivity index (χ0n) is 12.2. The van der Waals surface area contributed by atoms with Gasteiger partial charge < -0.3 is 14.7 Å². The molecule has 1 saturated heterocycles. The highest BCUT2D eigenvalue weighted by atomic mass is 16.5. The highest BCUT2D eigenvalue weighted by Gasteiger charge is 2.28. The Labute approximate surface area is 124 Å². The molecule has 1 unspecified atom stereocenters. The van der Waals surface area contributed by atoms with Crippen molar-refractivity contribution < 1.29 is 19.4 Å². The van der Waals surface area contributed by atoms with Crippen LogP contribution in [0.4, 0.5) is 5.69 Å². The Balaban J connectivity index is 2.15. The van der Waals surface area contributed by atoms with Crippen LogP contribution >= 0.6 is 0 Å².